The molecule has 0 aliphatic carbocycles. The van der Waals surface area contributed by atoms with Crippen molar-refractivity contribution in [2.24, 2.45) is 5.92 Å². The first-order valence-corrected chi connectivity index (χ1v) is 7.10. The Hall–Kier alpha value is -1.27. The van der Waals surface area contributed by atoms with Crippen LogP contribution in [0.3, 0.4) is 0 Å². The lowest BCUT2D eigenvalue weighted by atomic mass is 9.97. The summed E-state index contributed by atoms with van der Waals surface area (Å²) in [6.45, 7) is 0.845. The first kappa shape index (κ1) is 16.1. The number of β-amino-alcohol motifs (C(OH)–C–C–N with tert-alkyl or cyclic N) is 1. The van der Waals surface area contributed by atoms with Crippen molar-refractivity contribution in [3.63, 3.8) is 0 Å². The molecule has 0 unspecified atom stereocenters. The van der Waals surface area contributed by atoms with Gasteiger partial charge in [0, 0.05) is 13.1 Å². The number of aliphatic hydroxyl groups excluding tert-OH is 1. The Balaban J connectivity index is 1.76. The Labute approximate surface area is 122 Å². The maximum Gasteiger partial charge on any atom is 0.393 e. The molecule has 1 fully saturated rings. The number of piperidine rings is 1. The molecular formula is C15H20F3NO2. The number of rotatable bonds is 5. The highest BCUT2D eigenvalue weighted by Crippen LogP contribution is 2.33. The smallest absolute Gasteiger partial charge is 0.393 e. The van der Waals surface area contributed by atoms with Gasteiger partial charge in [-0.05, 0) is 31.5 Å². The van der Waals surface area contributed by atoms with Gasteiger partial charge < -0.3 is 14.7 Å². The van der Waals surface area contributed by atoms with Crippen molar-refractivity contribution in [1.29, 1.82) is 0 Å². The lowest BCUT2D eigenvalue weighted by Gasteiger charge is -2.34. The van der Waals surface area contributed by atoms with E-state index in [1.807, 2.05) is 18.2 Å². The van der Waals surface area contributed by atoms with Crippen LogP contribution in [-0.4, -0.2) is 48.5 Å². The van der Waals surface area contributed by atoms with Gasteiger partial charge in [-0.2, -0.15) is 13.2 Å². The number of hydrogen-bond donors (Lipinski definition) is 1. The fourth-order valence-corrected chi connectivity index (χ4v) is 2.55. The van der Waals surface area contributed by atoms with E-state index in [-0.39, 0.29) is 26.1 Å². The number of benzene rings is 1. The number of nitrogens with zero attached hydrogens (tertiary/aromatic N) is 1. The van der Waals surface area contributed by atoms with Crippen molar-refractivity contribution >= 4 is 0 Å². The molecule has 1 aromatic carbocycles. The fraction of sp³-hybridized carbons (Fsp3) is 0.600. The van der Waals surface area contributed by atoms with E-state index in [0.717, 1.165) is 0 Å². The predicted molar refractivity (Wildman–Crippen MR) is 73.2 cm³/mol. The van der Waals surface area contributed by atoms with E-state index in [2.05, 4.69) is 0 Å². The van der Waals surface area contributed by atoms with E-state index in [4.69, 9.17) is 4.74 Å². The second kappa shape index (κ2) is 7.13. The monoisotopic (exact) mass is 303 g/mol. The molecule has 0 aromatic heterocycles. The molecule has 1 aliphatic heterocycles. The van der Waals surface area contributed by atoms with E-state index in [0.29, 0.717) is 18.7 Å². The molecule has 0 saturated carbocycles. The summed E-state index contributed by atoms with van der Waals surface area (Å²) in [6, 6.07) is 9.04. The van der Waals surface area contributed by atoms with Crippen LogP contribution in [0.1, 0.15) is 12.8 Å². The standard InChI is InChI=1S/C15H20F3NO2/c16-15(17,18)12-5-4-8-19(9-12)10-13(20)11-21-14-6-2-1-3-7-14/h1-3,6-7,12-13,20H,4-5,8-11H2/t12-,13+/m0/s1. The maximum absolute atomic E-state index is 12.7. The lowest BCUT2D eigenvalue weighted by Crippen LogP contribution is -2.45. The van der Waals surface area contributed by atoms with Gasteiger partial charge in [0.15, 0.2) is 0 Å². The molecule has 3 nitrogen and oxygen atoms in total. The first-order valence-electron chi connectivity index (χ1n) is 7.10. The summed E-state index contributed by atoms with van der Waals surface area (Å²) in [5.41, 5.74) is 0. The van der Waals surface area contributed by atoms with Gasteiger partial charge in [0.05, 0.1) is 5.92 Å². The first-order chi connectivity index (χ1) is 9.95. The predicted octanol–water partition coefficient (Wildman–Crippen LogP) is 2.70. The quantitative estimate of drug-likeness (QED) is 0.908. The van der Waals surface area contributed by atoms with Gasteiger partial charge in [-0.1, -0.05) is 18.2 Å². The van der Waals surface area contributed by atoms with Crippen LogP contribution in [0.15, 0.2) is 30.3 Å². The average molecular weight is 303 g/mol. The molecule has 21 heavy (non-hydrogen) atoms. The molecule has 2 atom stereocenters. The Morgan fingerprint density at radius 3 is 2.67 bits per heavy atom. The van der Waals surface area contributed by atoms with Gasteiger partial charge in [-0.25, -0.2) is 0 Å². The summed E-state index contributed by atoms with van der Waals surface area (Å²) in [4.78, 5) is 1.67. The Bertz CT molecular complexity index is 425. The number of hydrogen-bond acceptors (Lipinski definition) is 3. The van der Waals surface area contributed by atoms with Crippen LogP contribution in [-0.2, 0) is 0 Å². The van der Waals surface area contributed by atoms with Crippen LogP contribution in [0.2, 0.25) is 0 Å². The van der Waals surface area contributed by atoms with Crippen molar-refractivity contribution in [1.82, 2.24) is 4.90 Å². The molecule has 0 spiro atoms. The van der Waals surface area contributed by atoms with Gasteiger partial charge in [0.2, 0.25) is 0 Å². The summed E-state index contributed by atoms with van der Waals surface area (Å²) in [5, 5.41) is 9.90. The van der Waals surface area contributed by atoms with Crippen molar-refractivity contribution in [2.45, 2.75) is 25.1 Å². The van der Waals surface area contributed by atoms with E-state index < -0.39 is 18.2 Å². The molecule has 118 valence electrons. The summed E-state index contributed by atoms with van der Waals surface area (Å²) >= 11 is 0. The molecule has 2 rings (SSSR count). The van der Waals surface area contributed by atoms with Gasteiger partial charge >= 0.3 is 6.18 Å². The Morgan fingerprint density at radius 2 is 2.00 bits per heavy atom. The highest BCUT2D eigenvalue weighted by atomic mass is 19.4. The number of likely N-dealkylation sites (tertiary alicyclic amines) is 1. The maximum atomic E-state index is 12.7. The zero-order valence-corrected chi connectivity index (χ0v) is 11.7. The van der Waals surface area contributed by atoms with Gasteiger partial charge in [0.25, 0.3) is 0 Å². The molecule has 0 amide bonds. The molecule has 1 aromatic rings. The number of para-hydroxylation sites is 1. The van der Waals surface area contributed by atoms with Crippen LogP contribution in [0.5, 0.6) is 5.75 Å². The molecular weight excluding hydrogens is 283 g/mol. The van der Waals surface area contributed by atoms with Gasteiger partial charge in [-0.3, -0.25) is 0 Å². The minimum Gasteiger partial charge on any atom is -0.491 e. The zero-order chi connectivity index (χ0) is 15.3. The minimum atomic E-state index is -4.15. The second-order valence-electron chi connectivity index (χ2n) is 5.42. The largest absolute Gasteiger partial charge is 0.491 e. The third kappa shape index (κ3) is 5.21. The number of ether oxygens (including phenoxy) is 1. The third-order valence-corrected chi connectivity index (χ3v) is 3.62. The summed E-state index contributed by atoms with van der Waals surface area (Å²) in [7, 11) is 0. The van der Waals surface area contributed by atoms with Crippen molar-refractivity contribution < 1.29 is 23.0 Å². The van der Waals surface area contributed by atoms with Crippen molar-refractivity contribution in [3.05, 3.63) is 30.3 Å². The molecule has 1 N–H and O–H groups in total. The highest BCUT2D eigenvalue weighted by molar-refractivity contribution is 5.20. The number of aliphatic hydroxyl groups is 1. The van der Waals surface area contributed by atoms with E-state index in [1.165, 1.54) is 0 Å². The third-order valence-electron chi connectivity index (χ3n) is 3.62. The summed E-state index contributed by atoms with van der Waals surface area (Å²) in [5.74, 6) is -0.642. The minimum absolute atomic E-state index is 0.0358. The van der Waals surface area contributed by atoms with Gasteiger partial charge in [-0.15, -0.1) is 0 Å². The lowest BCUT2D eigenvalue weighted by molar-refractivity contribution is -0.187. The highest BCUT2D eigenvalue weighted by Gasteiger charge is 2.41. The zero-order valence-electron chi connectivity index (χ0n) is 11.7. The number of halogens is 3. The summed E-state index contributed by atoms with van der Waals surface area (Å²) < 4.78 is 43.5. The summed E-state index contributed by atoms with van der Waals surface area (Å²) in [6.07, 6.45) is -4.26. The Kier molecular flexibility index (Phi) is 5.47. The normalized spacial score (nSPS) is 22.0. The van der Waals surface area contributed by atoms with Crippen molar-refractivity contribution in [2.75, 3.05) is 26.2 Å². The molecule has 0 radical (unpaired) electrons. The van der Waals surface area contributed by atoms with Crippen LogP contribution in [0, 0.1) is 5.92 Å². The molecule has 1 saturated heterocycles. The molecule has 6 heteroatoms. The molecule has 0 bridgehead atoms. The van der Waals surface area contributed by atoms with Crippen molar-refractivity contribution in [3.8, 4) is 5.75 Å². The number of alkyl halides is 3. The van der Waals surface area contributed by atoms with E-state index in [9.17, 15) is 18.3 Å². The topological polar surface area (TPSA) is 32.7 Å². The van der Waals surface area contributed by atoms with Gasteiger partial charge in [0.1, 0.15) is 18.5 Å². The van der Waals surface area contributed by atoms with Crippen LogP contribution in [0.4, 0.5) is 13.2 Å². The van der Waals surface area contributed by atoms with Crippen LogP contribution >= 0.6 is 0 Å². The molecule has 1 aliphatic rings. The average Bonchev–Trinajstić information content (AvgIpc) is 2.46. The SMILES string of the molecule is O[C@@H](COc1ccccc1)CN1CCC[C@H](C(F)(F)F)C1. The van der Waals surface area contributed by atoms with E-state index >= 15 is 0 Å². The molecule has 1 heterocycles. The fourth-order valence-electron chi connectivity index (χ4n) is 2.55. The van der Waals surface area contributed by atoms with Crippen LogP contribution in [0.25, 0.3) is 0 Å². The second-order valence-corrected chi connectivity index (χ2v) is 5.42. The van der Waals surface area contributed by atoms with Crippen LogP contribution < -0.4 is 4.74 Å². The Morgan fingerprint density at radius 1 is 1.29 bits per heavy atom. The van der Waals surface area contributed by atoms with E-state index in [1.54, 1.807) is 17.0 Å².